The maximum absolute atomic E-state index is 11.5. The number of nitrogens with one attached hydrogen (secondary N) is 1. The summed E-state index contributed by atoms with van der Waals surface area (Å²) in [7, 11) is 0. The predicted molar refractivity (Wildman–Crippen MR) is 60.6 cm³/mol. The number of aliphatic hydroxyl groups excluding tert-OH is 1. The molecule has 0 bridgehead atoms. The molecule has 2 rings (SSSR count). The molecule has 0 aliphatic carbocycles. The Labute approximate surface area is 103 Å². The van der Waals surface area contributed by atoms with Gasteiger partial charge in [0.05, 0.1) is 0 Å². The van der Waals surface area contributed by atoms with Crippen LogP contribution in [-0.2, 0) is 14.3 Å². The average Bonchev–Trinajstić information content (AvgIpc) is 2.58. The second kappa shape index (κ2) is 4.66. The van der Waals surface area contributed by atoms with Gasteiger partial charge >= 0.3 is 5.97 Å². The lowest BCUT2D eigenvalue weighted by molar-refractivity contribution is -0.144. The molecular formula is C12H13NO5. The van der Waals surface area contributed by atoms with E-state index in [4.69, 9.17) is 9.84 Å². The number of amides is 1. The molecular weight excluding hydrogens is 238 g/mol. The van der Waals surface area contributed by atoms with Crippen molar-refractivity contribution in [1.29, 1.82) is 0 Å². The summed E-state index contributed by atoms with van der Waals surface area (Å²) < 4.78 is 5.03. The highest BCUT2D eigenvalue weighted by Gasteiger charge is 2.44. The van der Waals surface area contributed by atoms with Gasteiger partial charge in [-0.1, -0.05) is 12.1 Å². The minimum atomic E-state index is -1.15. The van der Waals surface area contributed by atoms with E-state index in [1.165, 1.54) is 19.1 Å². The van der Waals surface area contributed by atoms with Crippen LogP contribution in [0.4, 0.5) is 0 Å². The van der Waals surface area contributed by atoms with E-state index in [-0.39, 0.29) is 5.75 Å². The maximum atomic E-state index is 11.5. The molecule has 6 heteroatoms. The highest BCUT2D eigenvalue weighted by molar-refractivity contribution is 5.85. The lowest BCUT2D eigenvalue weighted by Gasteiger charge is -2.15. The summed E-state index contributed by atoms with van der Waals surface area (Å²) in [6.07, 6.45) is -1.99. The van der Waals surface area contributed by atoms with Crippen molar-refractivity contribution in [2.45, 2.75) is 25.2 Å². The van der Waals surface area contributed by atoms with Gasteiger partial charge in [0.25, 0.3) is 0 Å². The summed E-state index contributed by atoms with van der Waals surface area (Å²) in [6.45, 7) is 1.26. The average molecular weight is 251 g/mol. The zero-order chi connectivity index (χ0) is 13.3. The number of hydrogen-bond acceptors (Lipinski definition) is 5. The van der Waals surface area contributed by atoms with Gasteiger partial charge < -0.3 is 20.3 Å². The summed E-state index contributed by atoms with van der Waals surface area (Å²) >= 11 is 0. The minimum absolute atomic E-state index is 0.0796. The summed E-state index contributed by atoms with van der Waals surface area (Å²) in [4.78, 5) is 22.4. The number of hydrogen-bond donors (Lipinski definition) is 3. The third-order valence-electron chi connectivity index (χ3n) is 2.73. The summed E-state index contributed by atoms with van der Waals surface area (Å²) in [6, 6.07) is 4.91. The molecule has 3 N–H and O–H groups in total. The van der Waals surface area contributed by atoms with E-state index in [1.807, 2.05) is 0 Å². The van der Waals surface area contributed by atoms with Crippen molar-refractivity contribution in [3.8, 4) is 5.75 Å². The Morgan fingerprint density at radius 3 is 2.50 bits per heavy atom. The quantitative estimate of drug-likeness (QED) is 0.635. The Hall–Kier alpha value is -2.08. The van der Waals surface area contributed by atoms with Gasteiger partial charge in [0.15, 0.2) is 12.1 Å². The van der Waals surface area contributed by atoms with E-state index in [0.29, 0.717) is 5.56 Å². The molecule has 1 amide bonds. The molecule has 0 spiro atoms. The Bertz CT molecular complexity index is 470. The van der Waals surface area contributed by atoms with E-state index >= 15 is 0 Å². The third-order valence-corrected chi connectivity index (χ3v) is 2.73. The Morgan fingerprint density at radius 2 is 1.94 bits per heavy atom. The SMILES string of the molecule is CC(=O)N[C@@H]1C(=O)O[C@@H](c2ccc(O)cc2)[C@H]1O. The lowest BCUT2D eigenvalue weighted by Crippen LogP contribution is -2.44. The smallest absolute Gasteiger partial charge is 0.332 e. The highest BCUT2D eigenvalue weighted by Crippen LogP contribution is 2.31. The van der Waals surface area contributed by atoms with Gasteiger partial charge in [-0.3, -0.25) is 4.79 Å². The number of esters is 1. The number of phenolic OH excluding ortho intramolecular Hbond substituents is 1. The van der Waals surface area contributed by atoms with Gasteiger partial charge in [0, 0.05) is 6.92 Å². The molecule has 1 aliphatic heterocycles. The van der Waals surface area contributed by atoms with E-state index in [9.17, 15) is 14.7 Å². The molecule has 1 saturated heterocycles. The van der Waals surface area contributed by atoms with Gasteiger partial charge in [-0.2, -0.15) is 0 Å². The number of benzene rings is 1. The number of cyclic esters (lactones) is 1. The zero-order valence-electron chi connectivity index (χ0n) is 9.66. The van der Waals surface area contributed by atoms with Crippen LogP contribution in [0.15, 0.2) is 24.3 Å². The number of ether oxygens (including phenoxy) is 1. The van der Waals surface area contributed by atoms with Crippen LogP contribution in [0.5, 0.6) is 5.75 Å². The Kier molecular flexibility index (Phi) is 3.20. The molecule has 1 fully saturated rings. The van der Waals surface area contributed by atoms with Crippen molar-refractivity contribution in [1.82, 2.24) is 5.32 Å². The number of carbonyl (C=O) groups excluding carboxylic acids is 2. The van der Waals surface area contributed by atoms with Gasteiger partial charge in [0.1, 0.15) is 11.9 Å². The second-order valence-electron chi connectivity index (χ2n) is 4.12. The number of rotatable bonds is 2. The fraction of sp³-hybridized carbons (Fsp3) is 0.333. The van der Waals surface area contributed by atoms with Crippen LogP contribution in [-0.4, -0.2) is 34.2 Å². The summed E-state index contributed by atoms with van der Waals surface area (Å²) in [5.74, 6) is -1.01. The summed E-state index contributed by atoms with van der Waals surface area (Å²) in [5, 5.41) is 21.5. The van der Waals surface area contributed by atoms with Crippen LogP contribution in [0.25, 0.3) is 0 Å². The molecule has 0 unspecified atom stereocenters. The van der Waals surface area contributed by atoms with Crippen molar-refractivity contribution in [2.75, 3.05) is 0 Å². The molecule has 6 nitrogen and oxygen atoms in total. The highest BCUT2D eigenvalue weighted by atomic mass is 16.6. The maximum Gasteiger partial charge on any atom is 0.332 e. The number of carbonyl (C=O) groups is 2. The van der Waals surface area contributed by atoms with E-state index in [0.717, 1.165) is 0 Å². The van der Waals surface area contributed by atoms with Crippen LogP contribution in [0.2, 0.25) is 0 Å². The molecule has 96 valence electrons. The molecule has 18 heavy (non-hydrogen) atoms. The molecule has 0 aromatic heterocycles. The molecule has 1 aromatic carbocycles. The van der Waals surface area contributed by atoms with Crippen LogP contribution in [0.1, 0.15) is 18.6 Å². The second-order valence-corrected chi connectivity index (χ2v) is 4.12. The first kappa shape index (κ1) is 12.4. The molecule has 3 atom stereocenters. The largest absolute Gasteiger partial charge is 0.508 e. The van der Waals surface area contributed by atoms with Crippen LogP contribution < -0.4 is 5.32 Å². The Morgan fingerprint density at radius 1 is 1.33 bits per heavy atom. The van der Waals surface area contributed by atoms with Crippen molar-refractivity contribution >= 4 is 11.9 Å². The van der Waals surface area contributed by atoms with Gasteiger partial charge in [-0.15, -0.1) is 0 Å². The third kappa shape index (κ3) is 2.28. The number of phenols is 1. The van der Waals surface area contributed by atoms with Crippen LogP contribution >= 0.6 is 0 Å². The van der Waals surface area contributed by atoms with E-state index in [2.05, 4.69) is 5.32 Å². The first-order chi connectivity index (χ1) is 8.49. The normalized spacial score (nSPS) is 26.8. The number of aromatic hydroxyl groups is 1. The fourth-order valence-electron chi connectivity index (χ4n) is 1.87. The van der Waals surface area contributed by atoms with E-state index in [1.54, 1.807) is 12.1 Å². The standard InChI is InChI=1S/C12H13NO5/c1-6(14)13-9-10(16)11(18-12(9)17)7-2-4-8(15)5-3-7/h2-5,9-11,15-16H,1H3,(H,13,14)/t9-,10-,11-/m0/s1. The van der Waals surface area contributed by atoms with Crippen molar-refractivity contribution in [3.05, 3.63) is 29.8 Å². The molecule has 0 saturated carbocycles. The van der Waals surface area contributed by atoms with Gasteiger partial charge in [0.2, 0.25) is 5.91 Å². The lowest BCUT2D eigenvalue weighted by atomic mass is 10.0. The zero-order valence-corrected chi connectivity index (χ0v) is 9.66. The molecule has 0 radical (unpaired) electrons. The first-order valence-corrected chi connectivity index (χ1v) is 5.43. The van der Waals surface area contributed by atoms with Crippen molar-refractivity contribution in [2.24, 2.45) is 0 Å². The van der Waals surface area contributed by atoms with E-state index < -0.39 is 30.1 Å². The topological polar surface area (TPSA) is 95.9 Å². The minimum Gasteiger partial charge on any atom is -0.508 e. The number of aliphatic hydroxyl groups is 1. The first-order valence-electron chi connectivity index (χ1n) is 5.43. The fourth-order valence-corrected chi connectivity index (χ4v) is 1.87. The van der Waals surface area contributed by atoms with Crippen molar-refractivity contribution < 1.29 is 24.5 Å². The van der Waals surface area contributed by atoms with Crippen LogP contribution in [0, 0.1) is 0 Å². The van der Waals surface area contributed by atoms with Gasteiger partial charge in [-0.05, 0) is 17.7 Å². The summed E-state index contributed by atoms with van der Waals surface area (Å²) in [5.41, 5.74) is 0.557. The van der Waals surface area contributed by atoms with Crippen molar-refractivity contribution in [3.63, 3.8) is 0 Å². The molecule has 1 aliphatic rings. The van der Waals surface area contributed by atoms with Gasteiger partial charge in [-0.25, -0.2) is 4.79 Å². The monoisotopic (exact) mass is 251 g/mol. The molecule has 1 heterocycles. The van der Waals surface area contributed by atoms with Crippen LogP contribution in [0.3, 0.4) is 0 Å². The molecule has 1 aromatic rings. The Balaban J connectivity index is 2.19. The predicted octanol–water partition coefficient (Wildman–Crippen LogP) is -0.144.